The highest BCUT2D eigenvalue weighted by atomic mass is 32.3. The molecule has 0 aromatic heterocycles. The van der Waals surface area contributed by atoms with Gasteiger partial charge in [-0.2, -0.15) is 4.31 Å². The Hall–Kier alpha value is -3.02. The molecule has 0 spiro atoms. The molecule has 0 bridgehead atoms. The second-order valence-corrected chi connectivity index (χ2v) is 11.0. The minimum absolute atomic E-state index is 0.0109. The Morgan fingerprint density at radius 2 is 1.85 bits per heavy atom. The van der Waals surface area contributed by atoms with Crippen LogP contribution in [0.25, 0.3) is 0 Å². The monoisotopic (exact) mass is 505 g/mol. The summed E-state index contributed by atoms with van der Waals surface area (Å²) in [5, 5.41) is 2.37. The van der Waals surface area contributed by atoms with Crippen LogP contribution in [0.1, 0.15) is 35.2 Å². The normalized spacial score (nSPS) is 16.4. The van der Waals surface area contributed by atoms with E-state index < -0.39 is 33.5 Å². The maximum Gasteiger partial charge on any atom is 0.259 e. The fourth-order valence-corrected chi connectivity index (χ4v) is 6.70. The molecule has 7 nitrogen and oxygen atoms in total. The van der Waals surface area contributed by atoms with Crippen molar-refractivity contribution in [2.24, 2.45) is 5.73 Å². The Kier molecular flexibility index (Phi) is 6.87. The van der Waals surface area contributed by atoms with Crippen LogP contribution < -0.4 is 11.1 Å². The summed E-state index contributed by atoms with van der Waals surface area (Å²) in [7, 11) is -4.04. The van der Waals surface area contributed by atoms with Gasteiger partial charge in [0, 0.05) is 19.0 Å². The van der Waals surface area contributed by atoms with Gasteiger partial charge in [0.1, 0.15) is 15.9 Å². The molecule has 1 fully saturated rings. The van der Waals surface area contributed by atoms with Gasteiger partial charge in [0.15, 0.2) is 0 Å². The number of carbonyl (C=O) groups is 2. The first kappa shape index (κ1) is 24.1. The quantitative estimate of drug-likeness (QED) is 0.572. The van der Waals surface area contributed by atoms with Crippen molar-refractivity contribution >= 4 is 33.6 Å². The number of hydrogen-bond acceptors (Lipinski definition) is 5. The number of halogens is 2. The van der Waals surface area contributed by atoms with E-state index in [-0.39, 0.29) is 39.4 Å². The fraction of sp³-hybridized carbons (Fsp3) is 0.217. The summed E-state index contributed by atoms with van der Waals surface area (Å²) in [5.41, 5.74) is 5.68. The van der Waals surface area contributed by atoms with Crippen molar-refractivity contribution in [2.75, 3.05) is 0 Å². The highest BCUT2D eigenvalue weighted by Gasteiger charge is 2.40. The maximum atomic E-state index is 14.0. The van der Waals surface area contributed by atoms with Crippen LogP contribution >= 0.6 is 11.8 Å². The lowest BCUT2D eigenvalue weighted by atomic mass is 10.1. The molecule has 1 aliphatic heterocycles. The van der Waals surface area contributed by atoms with Crippen LogP contribution in [-0.4, -0.2) is 30.6 Å². The third kappa shape index (κ3) is 5.21. The van der Waals surface area contributed by atoms with Gasteiger partial charge in [-0.25, -0.2) is 17.2 Å². The molecule has 11 heteroatoms. The van der Waals surface area contributed by atoms with Gasteiger partial charge in [0.05, 0.1) is 16.2 Å². The number of sulfonamides is 1. The Labute approximate surface area is 199 Å². The standard InChI is InChI=1S/C23H21F2N3O4S2/c24-15-5-3-4-14(12-15)13-28(16-8-9-16)34(31,32)20-11-10-18(21(26)29)23(33-20)27-22(30)17-6-1-2-7-19(17)25/h1-7,11-12,16H,8-10,13H2,(H2,26,29)(H,27,30). The molecule has 2 aliphatic rings. The molecule has 2 aromatic rings. The van der Waals surface area contributed by atoms with E-state index in [2.05, 4.69) is 5.32 Å². The zero-order valence-corrected chi connectivity index (χ0v) is 19.5. The van der Waals surface area contributed by atoms with Gasteiger partial charge in [-0.1, -0.05) is 42.1 Å². The molecule has 2 amide bonds. The topological polar surface area (TPSA) is 110 Å². The molecule has 0 atom stereocenters. The van der Waals surface area contributed by atoms with E-state index in [0.717, 1.165) is 6.07 Å². The zero-order valence-electron chi connectivity index (χ0n) is 17.8. The van der Waals surface area contributed by atoms with Crippen molar-refractivity contribution < 1.29 is 26.8 Å². The van der Waals surface area contributed by atoms with Crippen molar-refractivity contribution in [2.45, 2.75) is 31.8 Å². The Bertz CT molecular complexity index is 1320. The Morgan fingerprint density at radius 3 is 2.50 bits per heavy atom. The van der Waals surface area contributed by atoms with Crippen LogP contribution in [0, 0.1) is 11.6 Å². The summed E-state index contributed by atoms with van der Waals surface area (Å²) in [6.45, 7) is -0.0219. The van der Waals surface area contributed by atoms with Crippen LogP contribution in [0.2, 0.25) is 0 Å². The molecule has 0 radical (unpaired) electrons. The predicted molar refractivity (Wildman–Crippen MR) is 124 cm³/mol. The first-order chi connectivity index (χ1) is 16.2. The van der Waals surface area contributed by atoms with Crippen molar-refractivity contribution in [1.29, 1.82) is 0 Å². The highest BCUT2D eigenvalue weighted by Crippen LogP contribution is 2.41. The molecular formula is C23H21F2N3O4S2. The van der Waals surface area contributed by atoms with Crippen molar-refractivity contribution in [3.63, 3.8) is 0 Å². The van der Waals surface area contributed by atoms with Gasteiger partial charge in [-0.15, -0.1) is 0 Å². The first-order valence-electron chi connectivity index (χ1n) is 10.4. The van der Waals surface area contributed by atoms with E-state index in [1.54, 1.807) is 6.07 Å². The number of rotatable bonds is 8. The molecular weight excluding hydrogens is 484 g/mol. The number of nitrogens with one attached hydrogen (secondary N) is 1. The number of amides is 2. The number of thioether (sulfide) groups is 1. The lowest BCUT2D eigenvalue weighted by Gasteiger charge is -2.26. The number of hydrogen-bond donors (Lipinski definition) is 2. The van der Waals surface area contributed by atoms with Gasteiger partial charge in [-0.3, -0.25) is 9.59 Å². The van der Waals surface area contributed by atoms with Gasteiger partial charge in [-0.05, 0) is 42.7 Å². The zero-order chi connectivity index (χ0) is 24.5. The summed E-state index contributed by atoms with van der Waals surface area (Å²) in [5.74, 6) is -2.90. The molecule has 1 heterocycles. The third-order valence-electron chi connectivity index (χ3n) is 5.34. The van der Waals surface area contributed by atoms with E-state index in [1.807, 2.05) is 0 Å². The lowest BCUT2D eigenvalue weighted by Crippen LogP contribution is -2.34. The van der Waals surface area contributed by atoms with Crippen molar-refractivity contribution in [3.8, 4) is 0 Å². The average Bonchev–Trinajstić information content (AvgIpc) is 3.62. The number of allylic oxidation sites excluding steroid dienone is 1. The van der Waals surface area contributed by atoms with Gasteiger partial charge in [0.2, 0.25) is 15.9 Å². The minimum atomic E-state index is -4.04. The highest BCUT2D eigenvalue weighted by molar-refractivity contribution is 8.20. The van der Waals surface area contributed by atoms with Gasteiger partial charge in [0.25, 0.3) is 5.91 Å². The molecule has 1 saturated carbocycles. The third-order valence-corrected chi connectivity index (χ3v) is 8.86. The average molecular weight is 506 g/mol. The van der Waals surface area contributed by atoms with E-state index in [9.17, 15) is 26.8 Å². The summed E-state index contributed by atoms with van der Waals surface area (Å²) < 4.78 is 55.9. The SMILES string of the molecule is NC(=O)C1=C(NC(=O)c2ccccc2F)SC(S(=O)(=O)N(Cc2cccc(F)c2)C2CC2)=CC1. The predicted octanol–water partition coefficient (Wildman–Crippen LogP) is 3.36. The van der Waals surface area contributed by atoms with E-state index in [0.29, 0.717) is 30.2 Å². The fourth-order valence-electron chi connectivity index (χ4n) is 3.47. The number of benzene rings is 2. The smallest absolute Gasteiger partial charge is 0.259 e. The van der Waals surface area contributed by atoms with Crippen LogP contribution in [-0.2, 0) is 21.4 Å². The Balaban J connectivity index is 1.60. The number of nitrogens with two attached hydrogens (primary N) is 1. The molecule has 34 heavy (non-hydrogen) atoms. The molecule has 1 aliphatic carbocycles. The van der Waals surface area contributed by atoms with E-state index in [1.165, 1.54) is 46.8 Å². The maximum absolute atomic E-state index is 14.0. The largest absolute Gasteiger partial charge is 0.366 e. The summed E-state index contributed by atoms with van der Waals surface area (Å²) >= 11 is 0.673. The molecule has 178 valence electrons. The molecule has 0 unspecified atom stereocenters. The van der Waals surface area contributed by atoms with E-state index >= 15 is 0 Å². The van der Waals surface area contributed by atoms with Crippen LogP contribution in [0.3, 0.4) is 0 Å². The lowest BCUT2D eigenvalue weighted by molar-refractivity contribution is -0.114. The van der Waals surface area contributed by atoms with Crippen LogP contribution in [0.5, 0.6) is 0 Å². The summed E-state index contributed by atoms with van der Waals surface area (Å²) in [6.07, 6.45) is 2.58. The number of nitrogens with zero attached hydrogens (tertiary/aromatic N) is 1. The van der Waals surface area contributed by atoms with Gasteiger partial charge < -0.3 is 11.1 Å². The number of carbonyl (C=O) groups excluding carboxylic acids is 2. The van der Waals surface area contributed by atoms with Crippen molar-refractivity contribution in [1.82, 2.24) is 9.62 Å². The van der Waals surface area contributed by atoms with Gasteiger partial charge >= 0.3 is 0 Å². The summed E-state index contributed by atoms with van der Waals surface area (Å²) in [6, 6.07) is 10.8. The summed E-state index contributed by atoms with van der Waals surface area (Å²) in [4.78, 5) is 24.6. The second kappa shape index (κ2) is 9.69. The van der Waals surface area contributed by atoms with Crippen molar-refractivity contribution in [3.05, 3.63) is 92.2 Å². The molecule has 0 saturated heterocycles. The van der Waals surface area contributed by atoms with E-state index in [4.69, 9.17) is 5.73 Å². The number of primary amides is 1. The Morgan fingerprint density at radius 1 is 1.12 bits per heavy atom. The molecule has 2 aromatic carbocycles. The first-order valence-corrected chi connectivity index (χ1v) is 12.7. The second-order valence-electron chi connectivity index (χ2n) is 7.85. The molecule has 3 N–H and O–H groups in total. The molecule has 4 rings (SSSR count). The van der Waals surface area contributed by atoms with Crippen LogP contribution in [0.4, 0.5) is 8.78 Å². The minimum Gasteiger partial charge on any atom is -0.366 e. The van der Waals surface area contributed by atoms with Crippen LogP contribution in [0.15, 0.2) is 69.4 Å².